The molecule has 0 atom stereocenters. The van der Waals surface area contributed by atoms with Crippen LogP contribution in [0, 0.1) is 0 Å². The number of hydrogen-bond acceptors (Lipinski definition) is 3. The van der Waals surface area contributed by atoms with Gasteiger partial charge in [0.2, 0.25) is 0 Å². The molecular weight excluding hydrogens is 911 g/mol. The number of benzene rings is 11. The predicted octanol–water partition coefficient (Wildman–Crippen LogP) is 20.2. The number of anilines is 3. The zero-order valence-corrected chi connectivity index (χ0v) is 42.3. The van der Waals surface area contributed by atoms with Crippen molar-refractivity contribution in [3.63, 3.8) is 0 Å². The highest BCUT2D eigenvalue weighted by molar-refractivity contribution is 6.20. The largest absolute Gasteiger partial charge is 0.456 e. The van der Waals surface area contributed by atoms with Gasteiger partial charge in [-0.1, -0.05) is 185 Å². The average molecular weight is 962 g/mol. The van der Waals surface area contributed by atoms with Gasteiger partial charge in [-0.15, -0.1) is 0 Å². The summed E-state index contributed by atoms with van der Waals surface area (Å²) in [5, 5.41) is 4.40. The van der Waals surface area contributed by atoms with E-state index in [9.17, 15) is 0 Å². The van der Waals surface area contributed by atoms with E-state index in [1.54, 1.807) is 0 Å². The van der Waals surface area contributed by atoms with E-state index in [0.29, 0.717) is 0 Å². The molecule has 0 amide bonds. The number of hydrogen-bond donors (Lipinski definition) is 0. The van der Waals surface area contributed by atoms with Crippen molar-refractivity contribution in [2.75, 3.05) is 4.90 Å². The standard InChI is InChI=1S/C72H51NO2/c1-71(2)59-22-12-8-18-51(59)53-36-30-47(42-61(53)71)68-56(39-41-66-70(68)58-21-11-15-25-64(58)75-66)55-38-40-65-69(57-20-10-14-24-63(57)74-65)67(55)46-28-33-49(34-29-46)73(48-31-26-45(27-32-48)44-16-6-5-7-17-44)50-35-37-54-52-19-9-13-23-60(52)72(3,4)62(54)43-50/h5-43H,1-4H3. The van der Waals surface area contributed by atoms with E-state index in [0.717, 1.165) is 94.3 Å². The van der Waals surface area contributed by atoms with E-state index in [2.05, 4.69) is 269 Å². The Balaban J connectivity index is 0.941. The van der Waals surface area contributed by atoms with Crippen molar-refractivity contribution in [2.45, 2.75) is 38.5 Å². The van der Waals surface area contributed by atoms with Crippen LogP contribution in [0.1, 0.15) is 49.9 Å². The first kappa shape index (κ1) is 43.4. The Morgan fingerprint density at radius 1 is 0.280 bits per heavy atom. The first-order valence-electron chi connectivity index (χ1n) is 26.1. The Kier molecular flexibility index (Phi) is 9.35. The van der Waals surface area contributed by atoms with Gasteiger partial charge in [-0.25, -0.2) is 0 Å². The van der Waals surface area contributed by atoms with Gasteiger partial charge in [0.05, 0.1) is 0 Å². The lowest BCUT2D eigenvalue weighted by atomic mass is 9.80. The van der Waals surface area contributed by atoms with E-state index < -0.39 is 0 Å². The highest BCUT2D eigenvalue weighted by atomic mass is 16.3. The summed E-state index contributed by atoms with van der Waals surface area (Å²) >= 11 is 0. The summed E-state index contributed by atoms with van der Waals surface area (Å²) in [6.07, 6.45) is 0. The Morgan fingerprint density at radius 3 is 1.25 bits per heavy atom. The molecule has 3 nitrogen and oxygen atoms in total. The molecule has 0 spiro atoms. The normalized spacial score (nSPS) is 13.8. The van der Waals surface area contributed by atoms with Gasteiger partial charge in [-0.05, 0) is 157 Å². The number of rotatable bonds is 7. The molecule has 0 radical (unpaired) electrons. The average Bonchev–Trinajstić information content (AvgIpc) is 4.19. The molecule has 2 aliphatic rings. The molecular formula is C72H51NO2. The zero-order chi connectivity index (χ0) is 50.2. The van der Waals surface area contributed by atoms with Gasteiger partial charge < -0.3 is 13.7 Å². The summed E-state index contributed by atoms with van der Waals surface area (Å²) in [4.78, 5) is 2.41. The fraction of sp³-hybridized carbons (Fsp3) is 0.0833. The first-order chi connectivity index (χ1) is 36.7. The molecule has 0 aliphatic heterocycles. The minimum absolute atomic E-state index is 0.150. The zero-order valence-electron chi connectivity index (χ0n) is 42.3. The van der Waals surface area contributed by atoms with Crippen LogP contribution in [0.5, 0.6) is 0 Å². The van der Waals surface area contributed by atoms with Crippen LogP contribution in [0.15, 0.2) is 245 Å². The molecule has 0 saturated heterocycles. The van der Waals surface area contributed by atoms with Gasteiger partial charge in [0.1, 0.15) is 22.3 Å². The maximum Gasteiger partial charge on any atom is 0.136 e. The molecule has 0 N–H and O–H groups in total. The van der Waals surface area contributed by atoms with Gasteiger partial charge in [-0.3, -0.25) is 0 Å². The Morgan fingerprint density at radius 2 is 0.680 bits per heavy atom. The van der Waals surface area contributed by atoms with Gasteiger partial charge in [0, 0.05) is 60.6 Å². The Hall–Kier alpha value is -9.18. The molecule has 75 heavy (non-hydrogen) atoms. The van der Waals surface area contributed by atoms with Gasteiger partial charge >= 0.3 is 0 Å². The number of furan rings is 2. The lowest BCUT2D eigenvalue weighted by Crippen LogP contribution is -2.16. The molecule has 0 saturated carbocycles. The van der Waals surface area contributed by atoms with Crippen LogP contribution >= 0.6 is 0 Å². The monoisotopic (exact) mass is 961 g/mol. The highest BCUT2D eigenvalue weighted by Crippen LogP contribution is 2.54. The molecule has 2 aromatic heterocycles. The minimum atomic E-state index is -0.172. The maximum atomic E-state index is 6.71. The van der Waals surface area contributed by atoms with Crippen molar-refractivity contribution in [1.29, 1.82) is 0 Å². The summed E-state index contributed by atoms with van der Waals surface area (Å²) < 4.78 is 13.4. The fourth-order valence-corrected chi connectivity index (χ4v) is 13.0. The van der Waals surface area contributed by atoms with Crippen molar-refractivity contribution in [1.82, 2.24) is 0 Å². The van der Waals surface area contributed by atoms with Crippen LogP contribution in [-0.4, -0.2) is 0 Å². The summed E-state index contributed by atoms with van der Waals surface area (Å²) in [5.74, 6) is 0. The fourth-order valence-electron chi connectivity index (χ4n) is 13.0. The van der Waals surface area contributed by atoms with Crippen molar-refractivity contribution in [3.8, 4) is 66.8 Å². The molecule has 2 aliphatic carbocycles. The highest BCUT2D eigenvalue weighted by Gasteiger charge is 2.37. The summed E-state index contributed by atoms with van der Waals surface area (Å²) in [5.41, 5.74) is 26.2. The molecule has 0 fully saturated rings. The van der Waals surface area contributed by atoms with Crippen LogP contribution in [-0.2, 0) is 10.8 Å². The number of para-hydroxylation sites is 2. The quantitative estimate of drug-likeness (QED) is 0.159. The second-order valence-corrected chi connectivity index (χ2v) is 21.5. The third-order valence-electron chi connectivity index (χ3n) is 16.7. The van der Waals surface area contributed by atoms with Crippen LogP contribution < -0.4 is 4.90 Å². The lowest BCUT2D eigenvalue weighted by Gasteiger charge is -2.28. The summed E-state index contributed by atoms with van der Waals surface area (Å²) in [6, 6.07) is 86.6. The van der Waals surface area contributed by atoms with Crippen molar-refractivity contribution >= 4 is 60.9 Å². The predicted molar refractivity (Wildman–Crippen MR) is 313 cm³/mol. The molecule has 0 bridgehead atoms. The molecule has 356 valence electrons. The summed E-state index contributed by atoms with van der Waals surface area (Å²) in [6.45, 7) is 9.44. The van der Waals surface area contributed by atoms with Crippen molar-refractivity contribution in [2.24, 2.45) is 0 Å². The number of nitrogens with zero attached hydrogens (tertiary/aromatic N) is 1. The van der Waals surface area contributed by atoms with E-state index >= 15 is 0 Å². The first-order valence-corrected chi connectivity index (χ1v) is 26.1. The molecule has 11 aromatic carbocycles. The van der Waals surface area contributed by atoms with Gasteiger partial charge in [-0.2, -0.15) is 0 Å². The smallest absolute Gasteiger partial charge is 0.136 e. The van der Waals surface area contributed by atoms with E-state index in [1.807, 2.05) is 0 Å². The van der Waals surface area contributed by atoms with Gasteiger partial charge in [0.25, 0.3) is 0 Å². The molecule has 2 heterocycles. The van der Waals surface area contributed by atoms with Crippen molar-refractivity contribution in [3.05, 3.63) is 259 Å². The lowest BCUT2D eigenvalue weighted by molar-refractivity contribution is 0.660. The maximum absolute atomic E-state index is 6.71. The SMILES string of the molecule is CC1(C)c2ccccc2-c2ccc(-c3c(-c4ccc5oc6ccccc6c5c4-c4ccc(N(c5ccc(-c6ccccc6)cc5)c5ccc6c(c5)C(C)(C)c5ccccc5-6)cc4)ccc4oc5ccccc5c34)cc21. The Bertz CT molecular complexity index is 4450. The molecule has 15 rings (SSSR count). The number of fused-ring (bicyclic) bond motifs is 12. The van der Waals surface area contributed by atoms with Crippen LogP contribution in [0.25, 0.3) is 111 Å². The second-order valence-electron chi connectivity index (χ2n) is 21.5. The molecule has 0 unspecified atom stereocenters. The molecule has 3 heteroatoms. The third kappa shape index (κ3) is 6.47. The van der Waals surface area contributed by atoms with Crippen LogP contribution in [0.2, 0.25) is 0 Å². The van der Waals surface area contributed by atoms with E-state index in [1.165, 1.54) is 55.6 Å². The summed E-state index contributed by atoms with van der Waals surface area (Å²) in [7, 11) is 0. The van der Waals surface area contributed by atoms with E-state index in [4.69, 9.17) is 8.83 Å². The second kappa shape index (κ2) is 16.2. The van der Waals surface area contributed by atoms with Gasteiger partial charge in [0.15, 0.2) is 0 Å². The topological polar surface area (TPSA) is 29.5 Å². The third-order valence-corrected chi connectivity index (χ3v) is 16.7. The molecule has 13 aromatic rings. The minimum Gasteiger partial charge on any atom is -0.456 e. The van der Waals surface area contributed by atoms with Crippen LogP contribution in [0.4, 0.5) is 17.1 Å². The Labute approximate surface area is 436 Å². The van der Waals surface area contributed by atoms with Crippen LogP contribution in [0.3, 0.4) is 0 Å². The van der Waals surface area contributed by atoms with E-state index in [-0.39, 0.29) is 10.8 Å². The van der Waals surface area contributed by atoms with Crippen molar-refractivity contribution < 1.29 is 8.83 Å².